The Morgan fingerprint density at radius 3 is 2.34 bits per heavy atom. The van der Waals surface area contributed by atoms with E-state index in [0.717, 1.165) is 4.90 Å². The van der Waals surface area contributed by atoms with Crippen LogP contribution in [0.5, 0.6) is 5.75 Å². The van der Waals surface area contributed by atoms with Gasteiger partial charge in [0.15, 0.2) is 11.6 Å². The van der Waals surface area contributed by atoms with Gasteiger partial charge < -0.3 is 5.11 Å². The Morgan fingerprint density at radius 2 is 1.71 bits per heavy atom. The smallest absolute Gasteiger partial charge is 0.417 e. The summed E-state index contributed by atoms with van der Waals surface area (Å²) in [6, 6.07) is 18.1. The van der Waals surface area contributed by atoms with E-state index >= 15 is 4.79 Å². The lowest BCUT2D eigenvalue weighted by Gasteiger charge is -2.50. The fourth-order valence-electron chi connectivity index (χ4n) is 9.39. The summed E-state index contributed by atoms with van der Waals surface area (Å²) in [6.07, 6.45) is -0.586. The first-order valence-corrected chi connectivity index (χ1v) is 19.1. The first-order chi connectivity index (χ1) is 27.6. The molecule has 2 aliphatic heterocycles. The van der Waals surface area contributed by atoms with Crippen molar-refractivity contribution in [2.24, 2.45) is 23.7 Å². The number of hydrogen-bond donors (Lipinski definition) is 2. The van der Waals surface area contributed by atoms with Gasteiger partial charge in [0.05, 0.1) is 39.4 Å². The average Bonchev–Trinajstić information content (AvgIpc) is 3.57. The number of phenols is 1. The molecule has 3 aromatic carbocycles. The molecule has 2 aliphatic carbocycles. The molecule has 2 saturated heterocycles. The molecule has 58 heavy (non-hydrogen) atoms. The first-order valence-electron chi connectivity index (χ1n) is 18.3. The summed E-state index contributed by atoms with van der Waals surface area (Å²) in [5.41, 5.74) is 1.95. The Labute approximate surface area is 339 Å². The maximum absolute atomic E-state index is 15.4. The lowest BCUT2D eigenvalue weighted by atomic mass is 9.49. The van der Waals surface area contributed by atoms with Gasteiger partial charge >= 0.3 is 6.18 Å². The second-order valence-corrected chi connectivity index (χ2v) is 15.7. The van der Waals surface area contributed by atoms with Crippen molar-refractivity contribution in [1.29, 1.82) is 0 Å². The molecule has 3 fully saturated rings. The number of Topliss-reactive ketones (excluding diaryl/α,β-unsaturated/α-hetero) is 1. The Balaban J connectivity index is 1.31. The van der Waals surface area contributed by atoms with E-state index in [1.54, 1.807) is 48.5 Å². The molecule has 4 amide bonds. The number of pyridine rings is 1. The number of halogens is 5. The topological polar surface area (TPSA) is 137 Å². The number of aromatic hydroxyl groups is 1. The summed E-state index contributed by atoms with van der Waals surface area (Å²) < 4.78 is 40.6. The quantitative estimate of drug-likeness (QED) is 0.103. The normalized spacial score (nSPS) is 25.3. The van der Waals surface area contributed by atoms with Crippen LogP contribution < -0.4 is 10.3 Å². The molecule has 8 rings (SSSR count). The molecular formula is C43H33Cl2F3N4O6. The largest absolute Gasteiger partial charge is 0.507 e. The third-order valence-corrected chi connectivity index (χ3v) is 12.5. The zero-order chi connectivity index (χ0) is 41.4. The van der Waals surface area contributed by atoms with Gasteiger partial charge in [0.2, 0.25) is 11.8 Å². The standard InChI is InChI=1S/C43H33Cl2F3N4O6/c1-3-5-23-6-4-7-30(36(23)54)35-28-16-17-29-34(40(57)51(38(29)55)27-14-8-22(9-15-27)21(2)53)31(28)19-32-39(56)52(41(58)42(32,35)24-10-12-26(44)13-11-24)50-37-33(45)18-25(20-49-37)43(46,47)48/h3-4,6-16,18,20,29,31-32,34-35,54H,1,5,17,19H2,2H3,(H,49,50)/t29-,31+,32-,34-,35+,42+/m0/s1. The van der Waals surface area contributed by atoms with Gasteiger partial charge in [-0.3, -0.25) is 34.3 Å². The number of hydrogen-bond acceptors (Lipinski definition) is 8. The fraction of sp³-hybridized carbons (Fsp3) is 0.256. The van der Waals surface area contributed by atoms with E-state index in [4.69, 9.17) is 23.2 Å². The van der Waals surface area contributed by atoms with Gasteiger partial charge in [-0.1, -0.05) is 71.3 Å². The van der Waals surface area contributed by atoms with Gasteiger partial charge in [-0.2, -0.15) is 18.2 Å². The number of carbonyl (C=O) groups excluding carboxylic acids is 5. The average molecular weight is 830 g/mol. The molecule has 4 aliphatic rings. The minimum Gasteiger partial charge on any atom is -0.507 e. The third-order valence-electron chi connectivity index (χ3n) is 11.9. The number of ketones is 1. The van der Waals surface area contributed by atoms with Gasteiger partial charge in [0.25, 0.3) is 11.8 Å². The second-order valence-electron chi connectivity index (χ2n) is 14.9. The van der Waals surface area contributed by atoms with Gasteiger partial charge in [0, 0.05) is 28.3 Å². The van der Waals surface area contributed by atoms with E-state index in [2.05, 4.69) is 17.0 Å². The van der Waals surface area contributed by atoms with Crippen molar-refractivity contribution in [3.05, 3.63) is 141 Å². The predicted molar refractivity (Wildman–Crippen MR) is 208 cm³/mol. The number of imide groups is 2. The number of para-hydroxylation sites is 1. The number of carbonyl (C=O) groups is 5. The molecule has 10 nitrogen and oxygen atoms in total. The lowest BCUT2D eigenvalue weighted by Crippen LogP contribution is -2.53. The SMILES string of the molecule is C=CCc1cccc([C@H]2C3=CC[C@@H]4C(=O)N(c5ccc(C(C)=O)cc5)C(=O)[C@@H]4[C@@H]3C[C@H]3C(=O)N(Nc4ncc(C(F)(F)F)cc4Cl)C(=O)[C@@]23c2ccc(Cl)cc2)c1O. The van der Waals surface area contributed by atoms with Crippen molar-refractivity contribution < 1.29 is 42.3 Å². The van der Waals surface area contributed by atoms with Crippen LogP contribution in [-0.4, -0.2) is 44.5 Å². The molecule has 2 N–H and O–H groups in total. The molecule has 1 aromatic heterocycles. The van der Waals surface area contributed by atoms with Crippen molar-refractivity contribution in [2.45, 2.75) is 43.7 Å². The van der Waals surface area contributed by atoms with Crippen molar-refractivity contribution in [2.75, 3.05) is 10.3 Å². The van der Waals surface area contributed by atoms with Crippen LogP contribution in [0.2, 0.25) is 10.0 Å². The number of fused-ring (bicyclic) bond motifs is 4. The number of rotatable bonds is 8. The monoisotopic (exact) mass is 828 g/mol. The first kappa shape index (κ1) is 39.1. The highest BCUT2D eigenvalue weighted by Gasteiger charge is 2.70. The van der Waals surface area contributed by atoms with E-state index in [1.165, 1.54) is 31.2 Å². The van der Waals surface area contributed by atoms with E-state index in [0.29, 0.717) is 44.6 Å². The summed E-state index contributed by atoms with van der Waals surface area (Å²) in [4.78, 5) is 76.0. The number of aromatic nitrogens is 1. The van der Waals surface area contributed by atoms with Gasteiger partial charge in [0.1, 0.15) is 5.75 Å². The molecule has 0 radical (unpaired) electrons. The summed E-state index contributed by atoms with van der Waals surface area (Å²) in [5, 5.41) is 12.5. The number of alkyl halides is 3. The second kappa shape index (κ2) is 14.2. The zero-order valence-electron chi connectivity index (χ0n) is 30.6. The maximum Gasteiger partial charge on any atom is 0.417 e. The van der Waals surface area contributed by atoms with Crippen LogP contribution in [0.4, 0.5) is 24.7 Å². The van der Waals surface area contributed by atoms with E-state index in [9.17, 15) is 37.5 Å². The zero-order valence-corrected chi connectivity index (χ0v) is 32.1. The highest BCUT2D eigenvalue weighted by atomic mass is 35.5. The van der Waals surface area contributed by atoms with Crippen LogP contribution >= 0.6 is 23.2 Å². The number of benzene rings is 3. The van der Waals surface area contributed by atoms with Crippen molar-refractivity contribution in [3.8, 4) is 5.75 Å². The van der Waals surface area contributed by atoms with E-state index in [1.807, 2.05) is 6.08 Å². The highest BCUT2D eigenvalue weighted by Crippen LogP contribution is 2.65. The number of hydrazine groups is 1. The van der Waals surface area contributed by atoms with Crippen molar-refractivity contribution in [1.82, 2.24) is 9.99 Å². The number of nitrogens with one attached hydrogen (secondary N) is 1. The number of nitrogens with zero attached hydrogens (tertiary/aromatic N) is 3. The molecule has 296 valence electrons. The Kier molecular flexibility index (Phi) is 9.59. The van der Waals surface area contributed by atoms with Crippen LogP contribution in [0.3, 0.4) is 0 Å². The van der Waals surface area contributed by atoms with E-state index in [-0.39, 0.29) is 42.0 Å². The minimum absolute atomic E-state index is 0.100. The number of allylic oxidation sites excluding steroid dienone is 3. The molecule has 1 saturated carbocycles. The molecule has 0 unspecified atom stereocenters. The van der Waals surface area contributed by atoms with Crippen LogP contribution in [0, 0.1) is 23.7 Å². The minimum atomic E-state index is -4.77. The Hall–Kier alpha value is -5.79. The van der Waals surface area contributed by atoms with Gasteiger partial charge in [-0.25, -0.2) is 4.98 Å². The summed E-state index contributed by atoms with van der Waals surface area (Å²) in [5.74, 6) is -8.30. The van der Waals surface area contributed by atoms with Crippen LogP contribution in [0.25, 0.3) is 0 Å². The molecule has 0 bridgehead atoms. The number of amides is 4. The molecule has 6 atom stereocenters. The van der Waals surface area contributed by atoms with Crippen molar-refractivity contribution >= 4 is 64.1 Å². The maximum atomic E-state index is 15.4. The van der Waals surface area contributed by atoms with Crippen LogP contribution in [0.15, 0.2) is 103 Å². The summed E-state index contributed by atoms with van der Waals surface area (Å²) in [7, 11) is 0. The summed E-state index contributed by atoms with van der Waals surface area (Å²) >= 11 is 12.6. The molecule has 15 heteroatoms. The predicted octanol–water partition coefficient (Wildman–Crippen LogP) is 8.23. The molecule has 4 aromatic rings. The molecular weight excluding hydrogens is 796 g/mol. The molecule has 0 spiro atoms. The number of anilines is 2. The summed E-state index contributed by atoms with van der Waals surface area (Å²) in [6.45, 7) is 5.20. The lowest BCUT2D eigenvalue weighted by molar-refractivity contribution is -0.139. The van der Waals surface area contributed by atoms with Gasteiger partial charge in [-0.05, 0) is 85.7 Å². The Morgan fingerprint density at radius 1 is 1.00 bits per heavy atom. The van der Waals surface area contributed by atoms with Crippen LogP contribution in [0.1, 0.15) is 58.3 Å². The molecule has 3 heterocycles. The Bertz CT molecular complexity index is 2470. The highest BCUT2D eigenvalue weighted by molar-refractivity contribution is 6.33. The third kappa shape index (κ3) is 5.93. The van der Waals surface area contributed by atoms with E-state index < -0.39 is 81.2 Å². The number of phenolic OH excluding ortho intramolecular Hbond substituents is 1. The van der Waals surface area contributed by atoms with Crippen LogP contribution in [-0.2, 0) is 37.2 Å². The van der Waals surface area contributed by atoms with Gasteiger partial charge in [-0.15, -0.1) is 6.58 Å². The fourth-order valence-corrected chi connectivity index (χ4v) is 9.73. The van der Waals surface area contributed by atoms with Crippen molar-refractivity contribution in [3.63, 3.8) is 0 Å².